The van der Waals surface area contributed by atoms with Crippen molar-refractivity contribution in [2.45, 2.75) is 38.3 Å². The molecule has 3 unspecified atom stereocenters. The molecule has 0 spiro atoms. The van der Waals surface area contributed by atoms with Crippen LogP contribution in [0.25, 0.3) is 38.2 Å². The van der Waals surface area contributed by atoms with Gasteiger partial charge in [0.25, 0.3) is 0 Å². The Morgan fingerprint density at radius 2 is 1.30 bits per heavy atom. The van der Waals surface area contributed by atoms with E-state index in [4.69, 9.17) is 4.99 Å². The minimum Gasteiger partial charge on any atom is -0.317 e. The Bertz CT molecular complexity index is 2030. The van der Waals surface area contributed by atoms with Crippen molar-refractivity contribution in [3.05, 3.63) is 169 Å². The molecule has 0 N–H and O–H groups in total. The predicted molar refractivity (Wildman–Crippen MR) is 197 cm³/mol. The number of hydrogen-bond acceptors (Lipinski definition) is 2. The van der Waals surface area contributed by atoms with E-state index >= 15 is 0 Å². The van der Waals surface area contributed by atoms with E-state index in [1.807, 2.05) is 0 Å². The molecule has 1 aliphatic heterocycles. The van der Waals surface area contributed by atoms with Crippen LogP contribution in [0, 0.1) is 5.92 Å². The molecule has 3 aliphatic rings. The predicted octanol–water partition coefficient (Wildman–Crippen LogP) is 11.1. The molecule has 0 amide bonds. The fourth-order valence-electron chi connectivity index (χ4n) is 7.36. The zero-order chi connectivity index (χ0) is 30.9. The van der Waals surface area contributed by atoms with E-state index in [2.05, 4.69) is 170 Å². The maximum absolute atomic E-state index is 5.26. The Hall–Kier alpha value is -5.21. The molecule has 8 rings (SSSR count). The molecule has 0 fully saturated rings. The van der Waals surface area contributed by atoms with Gasteiger partial charge in [0.2, 0.25) is 0 Å². The van der Waals surface area contributed by atoms with Crippen molar-refractivity contribution in [3.8, 4) is 11.1 Å². The van der Waals surface area contributed by atoms with Crippen molar-refractivity contribution >= 4 is 38.6 Å². The molecule has 5 aromatic carbocycles. The molecule has 0 radical (unpaired) electrons. The van der Waals surface area contributed by atoms with E-state index in [1.165, 1.54) is 55.1 Å². The highest BCUT2D eigenvalue weighted by Gasteiger charge is 2.37. The minimum atomic E-state index is 0.252. The Balaban J connectivity index is 1.27. The van der Waals surface area contributed by atoms with Gasteiger partial charge in [-0.1, -0.05) is 153 Å². The molecular formula is C44H38N2. The van der Waals surface area contributed by atoms with Gasteiger partial charge in [0.1, 0.15) is 5.84 Å². The first-order valence-electron chi connectivity index (χ1n) is 16.6. The second-order valence-electron chi connectivity index (χ2n) is 12.6. The summed E-state index contributed by atoms with van der Waals surface area (Å²) in [6.45, 7) is 2.24. The van der Waals surface area contributed by atoms with E-state index in [0.717, 1.165) is 25.1 Å². The molecule has 0 aromatic heterocycles. The standard InChI is InChI=1S/C44H38N2/c1-31-15-5-2-3-6-16-32(26-25-31)42-36-19-9-11-21-38(36)43(39-22-12-10-20-37(39)42)33-27-29-35(30-28-33)46-41-24-14-13-23-40(41)45-44(46)34-17-7-4-8-18-34/h2-5,7-12,14-22,24-31,40-41H,6,13,23H2,1H3/b3-2-,15-5-,26-25?,32-16+. The van der Waals surface area contributed by atoms with Gasteiger partial charge in [-0.15, -0.1) is 0 Å². The van der Waals surface area contributed by atoms with E-state index in [-0.39, 0.29) is 6.04 Å². The molecule has 46 heavy (non-hydrogen) atoms. The largest absolute Gasteiger partial charge is 0.317 e. The number of hydrogen-bond donors (Lipinski definition) is 0. The normalized spacial score (nSPS) is 23.5. The summed E-state index contributed by atoms with van der Waals surface area (Å²) in [5.74, 6) is 1.44. The zero-order valence-electron chi connectivity index (χ0n) is 26.3. The third-order valence-corrected chi connectivity index (χ3v) is 9.57. The van der Waals surface area contributed by atoms with Gasteiger partial charge in [-0.2, -0.15) is 0 Å². The van der Waals surface area contributed by atoms with Crippen molar-refractivity contribution < 1.29 is 0 Å². The Morgan fingerprint density at radius 1 is 0.630 bits per heavy atom. The van der Waals surface area contributed by atoms with Crippen LogP contribution in [0.4, 0.5) is 5.69 Å². The van der Waals surface area contributed by atoms with Gasteiger partial charge < -0.3 is 4.90 Å². The summed E-state index contributed by atoms with van der Waals surface area (Å²) in [4.78, 5) is 7.70. The van der Waals surface area contributed by atoms with Crippen molar-refractivity contribution in [1.82, 2.24) is 0 Å². The van der Waals surface area contributed by atoms with Crippen LogP contribution in [0.15, 0.2) is 163 Å². The van der Waals surface area contributed by atoms with E-state index in [1.54, 1.807) is 0 Å². The summed E-state index contributed by atoms with van der Waals surface area (Å²) in [7, 11) is 0. The Kier molecular flexibility index (Phi) is 7.56. The summed E-state index contributed by atoms with van der Waals surface area (Å²) in [5, 5.41) is 5.13. The van der Waals surface area contributed by atoms with Crippen molar-refractivity contribution in [1.29, 1.82) is 0 Å². The number of fused-ring (bicyclic) bond motifs is 3. The maximum Gasteiger partial charge on any atom is 0.136 e. The molecule has 1 heterocycles. The van der Waals surface area contributed by atoms with Gasteiger partial charge in [0.15, 0.2) is 0 Å². The third kappa shape index (κ3) is 5.14. The maximum atomic E-state index is 5.26. The third-order valence-electron chi connectivity index (χ3n) is 9.57. The molecule has 3 atom stereocenters. The van der Waals surface area contributed by atoms with Crippen LogP contribution < -0.4 is 4.90 Å². The lowest BCUT2D eigenvalue weighted by Gasteiger charge is -2.30. The molecule has 224 valence electrons. The highest BCUT2D eigenvalue weighted by Crippen LogP contribution is 2.43. The van der Waals surface area contributed by atoms with Crippen LogP contribution in [0.5, 0.6) is 0 Å². The molecule has 2 aliphatic carbocycles. The monoisotopic (exact) mass is 594 g/mol. The van der Waals surface area contributed by atoms with E-state index in [9.17, 15) is 0 Å². The number of aliphatic imine (C=N–C) groups is 1. The smallest absolute Gasteiger partial charge is 0.136 e. The number of amidine groups is 1. The molecule has 2 heteroatoms. The van der Waals surface area contributed by atoms with Gasteiger partial charge in [-0.3, -0.25) is 4.99 Å². The lowest BCUT2D eigenvalue weighted by molar-refractivity contribution is 0.570. The van der Waals surface area contributed by atoms with Gasteiger partial charge in [-0.05, 0) is 81.1 Å². The Morgan fingerprint density at radius 3 is 2.02 bits per heavy atom. The second-order valence-corrected chi connectivity index (χ2v) is 12.6. The summed E-state index contributed by atoms with van der Waals surface area (Å²) < 4.78 is 0. The molecule has 5 aromatic rings. The summed E-state index contributed by atoms with van der Waals surface area (Å²) in [6.07, 6.45) is 23.6. The number of allylic oxidation sites excluding steroid dienone is 9. The van der Waals surface area contributed by atoms with Gasteiger partial charge in [-0.25, -0.2) is 0 Å². The molecule has 2 nitrogen and oxygen atoms in total. The first kappa shape index (κ1) is 28.3. The summed E-state index contributed by atoms with van der Waals surface area (Å²) >= 11 is 0. The average Bonchev–Trinajstić information content (AvgIpc) is 3.50. The van der Waals surface area contributed by atoms with Crippen LogP contribution >= 0.6 is 0 Å². The second kappa shape index (κ2) is 12.3. The van der Waals surface area contributed by atoms with Gasteiger partial charge >= 0.3 is 0 Å². The quantitative estimate of drug-likeness (QED) is 0.149. The van der Waals surface area contributed by atoms with Crippen molar-refractivity contribution in [2.75, 3.05) is 4.90 Å². The number of nitrogens with zero attached hydrogens (tertiary/aromatic N) is 2. The topological polar surface area (TPSA) is 15.6 Å². The average molecular weight is 595 g/mol. The highest BCUT2D eigenvalue weighted by atomic mass is 15.3. The van der Waals surface area contributed by atoms with Gasteiger partial charge in [0, 0.05) is 11.3 Å². The van der Waals surface area contributed by atoms with Gasteiger partial charge in [0.05, 0.1) is 12.1 Å². The first-order chi connectivity index (χ1) is 22.8. The lowest BCUT2D eigenvalue weighted by atomic mass is 9.85. The lowest BCUT2D eigenvalue weighted by Crippen LogP contribution is -2.39. The first-order valence-corrected chi connectivity index (χ1v) is 16.6. The zero-order valence-corrected chi connectivity index (χ0v) is 26.3. The molecule has 0 bridgehead atoms. The molecule has 0 saturated carbocycles. The molecular weight excluding hydrogens is 556 g/mol. The fraction of sp³-hybridized carbons (Fsp3) is 0.159. The Labute approximate surface area is 272 Å². The van der Waals surface area contributed by atoms with Crippen molar-refractivity contribution in [3.63, 3.8) is 0 Å². The number of anilines is 1. The SMILES string of the molecule is CC1C=C/C(c2c3ccccc3c(-c3ccc(N4C(c5ccccc5)=NC5CCC=CC54)cc3)c3ccccc23)=C\C/C=C\C=C/1. The van der Waals surface area contributed by atoms with Crippen LogP contribution in [0.2, 0.25) is 0 Å². The summed E-state index contributed by atoms with van der Waals surface area (Å²) in [5.41, 5.74) is 7.46. The van der Waals surface area contributed by atoms with E-state index < -0.39 is 0 Å². The highest BCUT2D eigenvalue weighted by molar-refractivity contribution is 6.19. The van der Waals surface area contributed by atoms with E-state index in [0.29, 0.717) is 12.0 Å². The minimum absolute atomic E-state index is 0.252. The van der Waals surface area contributed by atoms with Crippen LogP contribution in [-0.2, 0) is 0 Å². The molecule has 0 saturated heterocycles. The van der Waals surface area contributed by atoms with Crippen LogP contribution in [0.1, 0.15) is 37.3 Å². The fourth-order valence-corrected chi connectivity index (χ4v) is 7.36. The number of benzene rings is 5. The number of rotatable bonds is 4. The van der Waals surface area contributed by atoms with Crippen LogP contribution in [0.3, 0.4) is 0 Å². The summed E-state index contributed by atoms with van der Waals surface area (Å²) in [6, 6.07) is 38.3. The van der Waals surface area contributed by atoms with Crippen molar-refractivity contribution in [2.24, 2.45) is 10.9 Å². The van der Waals surface area contributed by atoms with Crippen LogP contribution in [-0.4, -0.2) is 17.9 Å².